The van der Waals surface area contributed by atoms with Crippen LogP contribution in [0.1, 0.15) is 85.1 Å². The van der Waals surface area contributed by atoms with Gasteiger partial charge in [-0.3, -0.25) is 48.1 Å². The van der Waals surface area contributed by atoms with Gasteiger partial charge in [-0.2, -0.15) is 13.2 Å². The number of nitrogens with zero attached hydrogens (tertiary/aromatic N) is 1. The first-order chi connectivity index (χ1) is 28.1. The molecule has 0 radical (unpaired) electrons. The van der Waals surface area contributed by atoms with E-state index in [4.69, 9.17) is 22.4 Å². The molecule has 0 bridgehead atoms. The highest BCUT2D eigenvalue weighted by Crippen LogP contribution is 2.28. The zero-order chi connectivity index (χ0) is 47.0. The van der Waals surface area contributed by atoms with Crippen molar-refractivity contribution >= 4 is 71.2 Å². The first-order valence-corrected chi connectivity index (χ1v) is 19.2. The molecule has 1 unspecified atom stereocenters. The van der Waals surface area contributed by atoms with E-state index in [2.05, 4.69) is 16.0 Å². The number of carboxylic acid groups (broad SMARTS) is 3. The second kappa shape index (κ2) is 24.0. The number of carbonyl (C=O) groups is 10. The second-order valence-electron chi connectivity index (χ2n) is 15.6. The zero-order valence-corrected chi connectivity index (χ0v) is 34.8. The minimum atomic E-state index is -4.86. The molecule has 0 aliphatic heterocycles. The highest BCUT2D eigenvalue weighted by molar-refractivity contribution is 6.30. The van der Waals surface area contributed by atoms with E-state index in [0.29, 0.717) is 4.90 Å². The zero-order valence-electron chi connectivity index (χ0n) is 34.0. The molecule has 19 nitrogen and oxygen atoms in total. The van der Waals surface area contributed by atoms with Crippen LogP contribution in [0.25, 0.3) is 0 Å². The number of aldehydes is 1. The summed E-state index contributed by atoms with van der Waals surface area (Å²) >= 11 is 6.03. The molecular formula is C38H52ClF3N6O13. The number of carboxylic acids is 3. The lowest BCUT2D eigenvalue weighted by molar-refractivity contribution is -0.159. The number of halogens is 4. The van der Waals surface area contributed by atoms with E-state index in [9.17, 15) is 71.3 Å². The Morgan fingerprint density at radius 2 is 1.28 bits per heavy atom. The predicted octanol–water partition coefficient (Wildman–Crippen LogP) is 1.32. The normalized spacial score (nSPS) is 14.5. The van der Waals surface area contributed by atoms with Crippen LogP contribution in [0.3, 0.4) is 0 Å². The molecule has 0 saturated carbocycles. The van der Waals surface area contributed by atoms with Crippen LogP contribution in [0, 0.1) is 11.3 Å². The number of hydrogen-bond acceptors (Lipinski definition) is 11. The fourth-order valence-corrected chi connectivity index (χ4v) is 5.96. The van der Waals surface area contributed by atoms with E-state index >= 15 is 0 Å². The van der Waals surface area contributed by atoms with Gasteiger partial charge in [-0.1, -0.05) is 58.4 Å². The number of alkyl halides is 3. The molecular weight excluding hydrogens is 841 g/mol. The molecule has 0 saturated heterocycles. The third-order valence-corrected chi connectivity index (χ3v) is 8.90. The fourth-order valence-electron chi connectivity index (χ4n) is 5.84. The van der Waals surface area contributed by atoms with Crippen molar-refractivity contribution in [1.82, 2.24) is 26.2 Å². The average molecular weight is 893 g/mol. The maximum atomic E-state index is 14.8. The Kier molecular flexibility index (Phi) is 21.0. The maximum absolute atomic E-state index is 14.8. The van der Waals surface area contributed by atoms with Gasteiger partial charge in [0.15, 0.2) is 0 Å². The molecule has 23 heteroatoms. The summed E-state index contributed by atoms with van der Waals surface area (Å²) in [4.78, 5) is 129. The molecule has 0 aliphatic rings. The van der Waals surface area contributed by atoms with E-state index in [1.807, 2.05) is 5.32 Å². The van der Waals surface area contributed by atoms with Gasteiger partial charge >= 0.3 is 24.1 Å². The van der Waals surface area contributed by atoms with Crippen LogP contribution >= 0.6 is 11.6 Å². The van der Waals surface area contributed by atoms with Gasteiger partial charge in [0.1, 0.15) is 30.5 Å². The lowest BCUT2D eigenvalue weighted by Gasteiger charge is -2.40. The summed E-state index contributed by atoms with van der Waals surface area (Å²) in [5, 5.41) is 36.9. The number of nitrogens with one attached hydrogen (secondary N) is 4. The number of hydrogen-bond donors (Lipinski definition) is 8. The van der Waals surface area contributed by atoms with Gasteiger partial charge in [0, 0.05) is 24.3 Å². The van der Waals surface area contributed by atoms with Gasteiger partial charge < -0.3 is 47.1 Å². The largest absolute Gasteiger partial charge is 0.481 e. The van der Waals surface area contributed by atoms with Crippen molar-refractivity contribution in [3.63, 3.8) is 0 Å². The Bertz CT molecular complexity index is 1770. The van der Waals surface area contributed by atoms with Crippen LogP contribution in [-0.2, 0) is 54.4 Å². The van der Waals surface area contributed by atoms with Crippen molar-refractivity contribution in [3.05, 3.63) is 34.9 Å². The monoisotopic (exact) mass is 892 g/mol. The Balaban J connectivity index is 3.93. The van der Waals surface area contributed by atoms with E-state index in [1.54, 1.807) is 13.8 Å². The molecule has 6 amide bonds. The van der Waals surface area contributed by atoms with Crippen molar-refractivity contribution in [2.45, 2.75) is 128 Å². The molecule has 0 fully saturated rings. The highest BCUT2D eigenvalue weighted by Gasteiger charge is 2.46. The molecule has 1 aromatic carbocycles. The third kappa shape index (κ3) is 19.5. The number of nitrogens with two attached hydrogens (primary N) is 1. The van der Waals surface area contributed by atoms with Crippen molar-refractivity contribution in [3.8, 4) is 0 Å². The molecule has 340 valence electrons. The number of amides is 6. The van der Waals surface area contributed by atoms with Gasteiger partial charge in [0.25, 0.3) is 5.91 Å². The summed E-state index contributed by atoms with van der Waals surface area (Å²) in [6.45, 7) is 7.35. The summed E-state index contributed by atoms with van der Waals surface area (Å²) in [5.74, 6) is -12.2. The van der Waals surface area contributed by atoms with Gasteiger partial charge in [0.05, 0.1) is 31.3 Å². The third-order valence-electron chi connectivity index (χ3n) is 8.65. The first-order valence-electron chi connectivity index (χ1n) is 18.8. The number of aliphatic carboxylic acids is 3. The highest BCUT2D eigenvalue weighted by atomic mass is 35.5. The van der Waals surface area contributed by atoms with Crippen molar-refractivity contribution in [2.75, 3.05) is 0 Å². The van der Waals surface area contributed by atoms with Gasteiger partial charge in [-0.05, 0) is 41.9 Å². The van der Waals surface area contributed by atoms with Gasteiger partial charge in [0.2, 0.25) is 29.5 Å². The predicted molar refractivity (Wildman–Crippen MR) is 208 cm³/mol. The Hall–Kier alpha value is -5.64. The van der Waals surface area contributed by atoms with E-state index in [1.165, 1.54) is 45.0 Å². The van der Waals surface area contributed by atoms with Crippen LogP contribution < -0.4 is 27.0 Å². The van der Waals surface area contributed by atoms with Crippen LogP contribution in [0.2, 0.25) is 5.02 Å². The molecule has 1 rings (SSSR count). The molecule has 61 heavy (non-hydrogen) atoms. The fraction of sp³-hybridized carbons (Fsp3) is 0.579. The van der Waals surface area contributed by atoms with Crippen LogP contribution in [0.15, 0.2) is 24.3 Å². The van der Waals surface area contributed by atoms with E-state index in [-0.39, 0.29) is 23.3 Å². The minimum Gasteiger partial charge on any atom is -0.481 e. The maximum Gasteiger partial charge on any atom is 0.391 e. The first kappa shape index (κ1) is 53.4. The van der Waals surface area contributed by atoms with E-state index in [0.717, 1.165) is 0 Å². The van der Waals surface area contributed by atoms with Crippen molar-refractivity contribution < 1.29 is 76.4 Å². The minimum absolute atomic E-state index is 0.143. The molecule has 9 N–H and O–H groups in total. The Morgan fingerprint density at radius 3 is 1.75 bits per heavy atom. The second-order valence-corrected chi connectivity index (χ2v) is 16.1. The van der Waals surface area contributed by atoms with Gasteiger partial charge in [-0.15, -0.1) is 0 Å². The molecule has 0 aliphatic carbocycles. The van der Waals surface area contributed by atoms with Crippen molar-refractivity contribution in [1.29, 1.82) is 0 Å². The quantitative estimate of drug-likeness (QED) is 0.0680. The number of rotatable bonds is 24. The summed E-state index contributed by atoms with van der Waals surface area (Å²) in [7, 11) is 0. The summed E-state index contributed by atoms with van der Waals surface area (Å²) in [6, 6.07) is -5.31. The van der Waals surface area contributed by atoms with Gasteiger partial charge in [-0.25, -0.2) is 0 Å². The van der Waals surface area contributed by atoms with Crippen LogP contribution in [0.5, 0.6) is 0 Å². The van der Waals surface area contributed by atoms with Crippen LogP contribution in [-0.4, -0.2) is 122 Å². The standard InChI is InChI=1S/C38H52ClF3N6O13/c1-19(2)14-25(34(59)44-22(18-49)17-38(40,41)42)46-35(60)31(37(3,4)5)48(27(50)11-13-29(53)54)36(61)26(15-20-6-8-21(39)9-7-20)47-33(58)24(10-12-28(51)52)45-32(57)23(43)16-30(55)56/h6-9,18-19,22-26,31H,10-17,43H2,1-5H3,(H,44,59)(H,45,57)(H,46,60)(H,47,58)(H,51,52)(H,53,54)(H,55,56)/t22?,23-,24-,25-,26-,31+/m0/s1. The molecule has 0 spiro atoms. The summed E-state index contributed by atoms with van der Waals surface area (Å²) < 4.78 is 39.3. The smallest absolute Gasteiger partial charge is 0.391 e. The van der Waals surface area contributed by atoms with Crippen LogP contribution in [0.4, 0.5) is 13.2 Å². The Labute approximate surface area is 353 Å². The lowest BCUT2D eigenvalue weighted by atomic mass is 9.83. The number of benzene rings is 1. The summed E-state index contributed by atoms with van der Waals surface area (Å²) in [5.41, 5.74) is 4.43. The topological polar surface area (TPSA) is 309 Å². The summed E-state index contributed by atoms with van der Waals surface area (Å²) in [6.07, 6.45) is -11.4. The average Bonchev–Trinajstić information content (AvgIpc) is 3.12. The number of carbonyl (C=O) groups excluding carboxylic acids is 7. The molecule has 0 heterocycles. The SMILES string of the molecule is CC(C)C[C@H](NC(=O)[C@@H](N(C(=O)CCC(=O)O)C(=O)[C@H](Cc1ccc(Cl)cc1)NC(=O)[C@H](CCC(=O)O)NC(=O)[C@@H](N)CC(=O)O)C(C)(C)C)C(=O)NC(C=O)CC(F)(F)F. The van der Waals surface area contributed by atoms with Crippen molar-refractivity contribution in [2.24, 2.45) is 17.1 Å². The molecule has 1 aromatic rings. The Morgan fingerprint density at radius 1 is 0.754 bits per heavy atom. The lowest BCUT2D eigenvalue weighted by Crippen LogP contribution is -2.64. The molecule has 0 aromatic heterocycles. The van der Waals surface area contributed by atoms with E-state index < -0.39 is 152 Å². The molecule has 6 atom stereocenters. The number of imide groups is 1.